The van der Waals surface area contributed by atoms with Crippen LogP contribution in [0.2, 0.25) is 0 Å². The summed E-state index contributed by atoms with van der Waals surface area (Å²) in [5.74, 6) is 0.0210. The minimum atomic E-state index is -4.45. The van der Waals surface area contributed by atoms with E-state index in [1.54, 1.807) is 36.5 Å². The number of nitrogens with zero attached hydrogens (tertiary/aromatic N) is 3. The number of anilines is 1. The number of imide groups is 1. The summed E-state index contributed by atoms with van der Waals surface area (Å²) in [4.78, 5) is 36.6. The Hall–Kier alpha value is -3.77. The van der Waals surface area contributed by atoms with Crippen molar-refractivity contribution in [2.24, 2.45) is 0 Å². The highest BCUT2D eigenvalue weighted by molar-refractivity contribution is 8.18. The van der Waals surface area contributed by atoms with Gasteiger partial charge < -0.3 is 10.6 Å². The van der Waals surface area contributed by atoms with E-state index in [1.807, 2.05) is 6.07 Å². The van der Waals surface area contributed by atoms with Crippen molar-refractivity contribution in [1.29, 1.82) is 0 Å². The molecule has 0 unspecified atom stereocenters. The number of carbonyl (C=O) groups is 2. The van der Waals surface area contributed by atoms with Crippen molar-refractivity contribution in [1.82, 2.24) is 25.6 Å². The van der Waals surface area contributed by atoms with Gasteiger partial charge >= 0.3 is 6.18 Å². The van der Waals surface area contributed by atoms with Gasteiger partial charge in [-0.3, -0.25) is 19.9 Å². The van der Waals surface area contributed by atoms with Crippen LogP contribution in [0.4, 0.5) is 23.9 Å². The Bertz CT molecular complexity index is 1410. The molecule has 2 amide bonds. The van der Waals surface area contributed by atoms with Crippen LogP contribution in [0.5, 0.6) is 0 Å². The molecule has 3 N–H and O–H groups in total. The lowest BCUT2D eigenvalue weighted by Gasteiger charge is -2.29. The molecule has 0 atom stereocenters. The van der Waals surface area contributed by atoms with E-state index in [2.05, 4.69) is 30.9 Å². The summed E-state index contributed by atoms with van der Waals surface area (Å²) in [6.07, 6.45) is 2.27. The molecule has 12 heteroatoms. The number of thioether (sulfide) groups is 1. The maximum Gasteiger partial charge on any atom is 0.417 e. The first-order chi connectivity index (χ1) is 18.7. The molecule has 1 aliphatic heterocycles. The summed E-state index contributed by atoms with van der Waals surface area (Å²) >= 11 is 0.838. The molecule has 2 aromatic heterocycles. The Morgan fingerprint density at radius 1 is 0.974 bits per heavy atom. The lowest BCUT2D eigenvalue weighted by Crippen LogP contribution is -2.37. The number of halogens is 3. The Balaban J connectivity index is 1.14. The highest BCUT2D eigenvalue weighted by atomic mass is 32.2. The first-order valence-corrected chi connectivity index (χ1v) is 13.3. The van der Waals surface area contributed by atoms with Gasteiger partial charge in [-0.25, -0.2) is 9.97 Å². The number of amides is 2. The summed E-state index contributed by atoms with van der Waals surface area (Å²) in [7, 11) is 0. The minimum absolute atomic E-state index is 0.0691. The number of rotatable bonds is 7. The number of carbonyl (C=O) groups excluding carboxylic acids is 2. The Morgan fingerprint density at radius 3 is 2.49 bits per heavy atom. The van der Waals surface area contributed by atoms with E-state index in [-0.39, 0.29) is 17.6 Å². The van der Waals surface area contributed by atoms with Crippen LogP contribution in [0.3, 0.4) is 0 Å². The predicted molar refractivity (Wildman–Crippen MR) is 142 cm³/mol. The van der Waals surface area contributed by atoms with Gasteiger partial charge in [0.15, 0.2) is 0 Å². The molecule has 1 aliphatic carbocycles. The fourth-order valence-corrected chi connectivity index (χ4v) is 5.30. The summed E-state index contributed by atoms with van der Waals surface area (Å²) in [6.45, 7) is 0.457. The predicted octanol–water partition coefficient (Wildman–Crippen LogP) is 5.39. The van der Waals surface area contributed by atoms with Gasteiger partial charge in [-0.15, -0.1) is 0 Å². The average Bonchev–Trinajstić information content (AvgIpc) is 3.24. The molecule has 3 aromatic rings. The largest absolute Gasteiger partial charge is 0.417 e. The summed E-state index contributed by atoms with van der Waals surface area (Å²) in [6, 6.07) is 12.7. The number of hydrogen-bond acceptors (Lipinski definition) is 8. The second kappa shape index (κ2) is 11.5. The molecule has 0 bridgehead atoms. The van der Waals surface area contributed by atoms with Crippen molar-refractivity contribution in [2.45, 2.75) is 50.5 Å². The van der Waals surface area contributed by atoms with Gasteiger partial charge in [-0.1, -0.05) is 24.3 Å². The minimum Gasteiger partial charge on any atom is -0.351 e. The first-order valence-electron chi connectivity index (χ1n) is 12.4. The Kier molecular flexibility index (Phi) is 7.94. The fraction of sp³-hybridized carbons (Fsp3) is 0.296. The zero-order valence-electron chi connectivity index (χ0n) is 20.7. The number of nitrogens with one attached hydrogen (secondary N) is 3. The second-order valence-electron chi connectivity index (χ2n) is 9.29. The monoisotopic (exact) mass is 554 g/mol. The molecule has 202 valence electrons. The first kappa shape index (κ1) is 26.8. The molecular weight excluding hydrogens is 529 g/mol. The maximum absolute atomic E-state index is 13.4. The third-order valence-corrected chi connectivity index (χ3v) is 7.36. The molecule has 1 aromatic carbocycles. The maximum atomic E-state index is 13.4. The van der Waals surface area contributed by atoms with Gasteiger partial charge in [0, 0.05) is 30.4 Å². The van der Waals surface area contributed by atoms with Crippen molar-refractivity contribution in [2.75, 3.05) is 5.32 Å². The molecule has 1 saturated heterocycles. The van der Waals surface area contributed by atoms with Gasteiger partial charge in [-0.2, -0.15) is 13.2 Å². The lowest BCUT2D eigenvalue weighted by atomic mass is 9.91. The summed E-state index contributed by atoms with van der Waals surface area (Å²) in [5.41, 5.74) is 0.881. The molecule has 3 heterocycles. The van der Waals surface area contributed by atoms with Crippen molar-refractivity contribution >= 4 is 34.9 Å². The number of pyridine rings is 1. The molecule has 0 radical (unpaired) electrons. The second-order valence-corrected chi connectivity index (χ2v) is 10.3. The van der Waals surface area contributed by atoms with Crippen molar-refractivity contribution in [3.63, 3.8) is 0 Å². The number of alkyl halides is 3. The zero-order valence-corrected chi connectivity index (χ0v) is 21.5. The third kappa shape index (κ3) is 6.82. The van der Waals surface area contributed by atoms with E-state index in [0.717, 1.165) is 43.5 Å². The topological polar surface area (TPSA) is 109 Å². The molecule has 1 saturated carbocycles. The number of hydrogen-bond donors (Lipinski definition) is 3. The van der Waals surface area contributed by atoms with Crippen LogP contribution in [-0.2, 0) is 17.5 Å². The van der Waals surface area contributed by atoms with Gasteiger partial charge in [-0.05, 0) is 67.8 Å². The van der Waals surface area contributed by atoms with E-state index in [1.165, 1.54) is 12.1 Å². The van der Waals surface area contributed by atoms with Crippen LogP contribution in [-0.4, -0.2) is 38.2 Å². The molecule has 8 nitrogen and oxygen atoms in total. The van der Waals surface area contributed by atoms with Crippen LogP contribution in [0, 0.1) is 0 Å². The quantitative estimate of drug-likeness (QED) is 0.334. The molecule has 2 fully saturated rings. The molecular formula is C27H25F3N6O2S. The standard InChI is InChI=1S/C27H25F3N6O2S/c28-27(29,30)21-6-2-1-5-20(21)22-7-3-4-19(33-22)15-32-16-8-10-17(11-9-16)34-25-31-13-12-18(35-25)14-23-24(37)36-26(38)39-23/h1-7,12-14,16-17,32H,8-11,15H2,(H,31,34,35)(H,36,37,38)/b23-14-/t16-,17-. The molecule has 2 aliphatic rings. The van der Waals surface area contributed by atoms with Gasteiger partial charge in [0.2, 0.25) is 5.95 Å². The van der Waals surface area contributed by atoms with E-state index in [4.69, 9.17) is 0 Å². The van der Waals surface area contributed by atoms with Crippen LogP contribution >= 0.6 is 11.8 Å². The Morgan fingerprint density at radius 2 is 1.74 bits per heavy atom. The van der Waals surface area contributed by atoms with E-state index in [0.29, 0.717) is 34.5 Å². The fourth-order valence-electron chi connectivity index (χ4n) is 4.63. The van der Waals surface area contributed by atoms with Crippen molar-refractivity contribution < 1.29 is 22.8 Å². The van der Waals surface area contributed by atoms with E-state index >= 15 is 0 Å². The van der Waals surface area contributed by atoms with Crippen LogP contribution in [0.15, 0.2) is 59.6 Å². The van der Waals surface area contributed by atoms with Gasteiger partial charge in [0.25, 0.3) is 11.1 Å². The molecule has 39 heavy (non-hydrogen) atoms. The summed E-state index contributed by atoms with van der Waals surface area (Å²) in [5, 5.41) is 8.64. The van der Waals surface area contributed by atoms with Crippen LogP contribution in [0.25, 0.3) is 17.3 Å². The van der Waals surface area contributed by atoms with E-state index in [9.17, 15) is 22.8 Å². The van der Waals surface area contributed by atoms with Crippen LogP contribution in [0.1, 0.15) is 42.6 Å². The molecule has 0 spiro atoms. The highest BCUT2D eigenvalue weighted by Crippen LogP contribution is 2.36. The lowest BCUT2D eigenvalue weighted by molar-refractivity contribution is -0.137. The smallest absolute Gasteiger partial charge is 0.351 e. The average molecular weight is 555 g/mol. The normalized spacial score (nSPS) is 20.7. The highest BCUT2D eigenvalue weighted by Gasteiger charge is 2.33. The molecule has 5 rings (SSSR count). The van der Waals surface area contributed by atoms with Crippen molar-refractivity contribution in [3.05, 3.63) is 76.6 Å². The number of benzene rings is 1. The SMILES string of the molecule is O=C1NC(=O)/C(=C/c2ccnc(N[C@H]3CC[C@H](NCc4cccc(-c5ccccc5C(F)(F)F)n4)CC3)n2)S1. The van der Waals surface area contributed by atoms with E-state index < -0.39 is 22.9 Å². The number of aromatic nitrogens is 3. The zero-order chi connectivity index (χ0) is 27.4. The van der Waals surface area contributed by atoms with Crippen molar-refractivity contribution in [3.8, 4) is 11.3 Å². The van der Waals surface area contributed by atoms with Crippen LogP contribution < -0.4 is 16.0 Å². The third-order valence-electron chi connectivity index (χ3n) is 6.55. The summed E-state index contributed by atoms with van der Waals surface area (Å²) < 4.78 is 40.3. The Labute approximate surface area is 226 Å². The van der Waals surface area contributed by atoms with Gasteiger partial charge in [0.1, 0.15) is 0 Å². The van der Waals surface area contributed by atoms with Gasteiger partial charge in [0.05, 0.1) is 27.6 Å².